The van der Waals surface area contributed by atoms with Gasteiger partial charge in [0.1, 0.15) is 0 Å². The van der Waals surface area contributed by atoms with Crippen LogP contribution >= 0.6 is 0 Å². The number of fused-ring (bicyclic) bond motifs is 1. The molecule has 0 saturated carbocycles. The standard InChI is InChI=1S/C10H14N2/c1-2-8-7-11-9-5-3-4-6-10(9)12-8/h3-6,8,11-12H,2,7H2,1H3/t8-/m1/s1. The third-order valence-corrected chi connectivity index (χ3v) is 2.32. The number of hydrogen-bond donors (Lipinski definition) is 2. The van der Waals surface area contributed by atoms with Gasteiger partial charge >= 0.3 is 0 Å². The van der Waals surface area contributed by atoms with Crippen molar-refractivity contribution in [2.24, 2.45) is 0 Å². The van der Waals surface area contributed by atoms with Crippen molar-refractivity contribution in [2.45, 2.75) is 19.4 Å². The Labute approximate surface area is 73.0 Å². The van der Waals surface area contributed by atoms with Crippen LogP contribution in [0.15, 0.2) is 24.3 Å². The van der Waals surface area contributed by atoms with E-state index in [1.165, 1.54) is 17.8 Å². The quantitative estimate of drug-likeness (QED) is 0.662. The van der Waals surface area contributed by atoms with Crippen molar-refractivity contribution in [3.63, 3.8) is 0 Å². The molecule has 1 atom stereocenters. The largest absolute Gasteiger partial charge is 0.381 e. The Balaban J connectivity index is 2.23. The molecule has 0 unspecified atom stereocenters. The first-order chi connectivity index (χ1) is 5.90. The normalized spacial score (nSPS) is 20.6. The molecule has 1 aromatic carbocycles. The first-order valence-corrected chi connectivity index (χ1v) is 4.49. The first-order valence-electron chi connectivity index (χ1n) is 4.49. The molecule has 0 fully saturated rings. The topological polar surface area (TPSA) is 24.1 Å². The Morgan fingerprint density at radius 1 is 1.33 bits per heavy atom. The molecule has 2 N–H and O–H groups in total. The zero-order valence-electron chi connectivity index (χ0n) is 7.30. The van der Waals surface area contributed by atoms with Gasteiger partial charge in [0.25, 0.3) is 0 Å². The third kappa shape index (κ3) is 1.24. The smallest absolute Gasteiger partial charge is 0.0578 e. The number of para-hydroxylation sites is 2. The van der Waals surface area contributed by atoms with E-state index in [2.05, 4.69) is 41.8 Å². The molecule has 2 heteroatoms. The highest BCUT2D eigenvalue weighted by molar-refractivity contribution is 5.70. The van der Waals surface area contributed by atoms with Crippen LogP contribution in [0.25, 0.3) is 0 Å². The minimum atomic E-state index is 0.583. The summed E-state index contributed by atoms with van der Waals surface area (Å²) in [7, 11) is 0. The van der Waals surface area contributed by atoms with Crippen molar-refractivity contribution in [3.8, 4) is 0 Å². The summed E-state index contributed by atoms with van der Waals surface area (Å²) >= 11 is 0. The molecule has 0 amide bonds. The highest BCUT2D eigenvalue weighted by atomic mass is 15.1. The highest BCUT2D eigenvalue weighted by Crippen LogP contribution is 2.25. The highest BCUT2D eigenvalue weighted by Gasteiger charge is 2.13. The van der Waals surface area contributed by atoms with Crippen LogP contribution in [0, 0.1) is 0 Å². The molecule has 64 valence electrons. The number of nitrogens with one attached hydrogen (secondary N) is 2. The molecule has 0 bridgehead atoms. The van der Waals surface area contributed by atoms with Crippen LogP contribution in [0.3, 0.4) is 0 Å². The molecule has 0 aliphatic carbocycles. The van der Waals surface area contributed by atoms with Crippen LogP contribution < -0.4 is 10.6 Å². The van der Waals surface area contributed by atoms with Gasteiger partial charge in [-0.1, -0.05) is 19.1 Å². The summed E-state index contributed by atoms with van der Waals surface area (Å²) < 4.78 is 0. The number of anilines is 2. The fraction of sp³-hybridized carbons (Fsp3) is 0.400. The van der Waals surface area contributed by atoms with Crippen LogP contribution in [0.4, 0.5) is 11.4 Å². The van der Waals surface area contributed by atoms with Crippen molar-refractivity contribution < 1.29 is 0 Å². The van der Waals surface area contributed by atoms with Crippen LogP contribution in [0.5, 0.6) is 0 Å². The average molecular weight is 162 g/mol. The maximum absolute atomic E-state index is 3.48. The van der Waals surface area contributed by atoms with Gasteiger partial charge in [-0.25, -0.2) is 0 Å². The van der Waals surface area contributed by atoms with E-state index >= 15 is 0 Å². The summed E-state index contributed by atoms with van der Waals surface area (Å²) in [5.74, 6) is 0. The molecule has 0 radical (unpaired) electrons. The van der Waals surface area contributed by atoms with Gasteiger partial charge in [0.05, 0.1) is 11.4 Å². The van der Waals surface area contributed by atoms with Crippen molar-refractivity contribution in [1.82, 2.24) is 0 Å². The van der Waals surface area contributed by atoms with E-state index in [1.807, 2.05) is 0 Å². The van der Waals surface area contributed by atoms with E-state index in [9.17, 15) is 0 Å². The van der Waals surface area contributed by atoms with Crippen molar-refractivity contribution in [1.29, 1.82) is 0 Å². The summed E-state index contributed by atoms with van der Waals surface area (Å²) in [6.07, 6.45) is 1.17. The summed E-state index contributed by atoms with van der Waals surface area (Å²) in [6, 6.07) is 8.92. The third-order valence-electron chi connectivity index (χ3n) is 2.32. The molecule has 1 aliphatic heterocycles. The van der Waals surface area contributed by atoms with E-state index in [1.54, 1.807) is 0 Å². The van der Waals surface area contributed by atoms with Crippen molar-refractivity contribution in [2.75, 3.05) is 17.2 Å². The van der Waals surface area contributed by atoms with Crippen molar-refractivity contribution >= 4 is 11.4 Å². The fourth-order valence-corrected chi connectivity index (χ4v) is 1.51. The fourth-order valence-electron chi connectivity index (χ4n) is 1.51. The molecular weight excluding hydrogens is 148 g/mol. The van der Waals surface area contributed by atoms with Gasteiger partial charge in [0.2, 0.25) is 0 Å². The minimum Gasteiger partial charge on any atom is -0.381 e. The second-order valence-electron chi connectivity index (χ2n) is 3.18. The predicted octanol–water partition coefficient (Wildman–Crippen LogP) is 2.30. The van der Waals surface area contributed by atoms with Crippen LogP contribution in [-0.4, -0.2) is 12.6 Å². The molecular formula is C10H14N2. The van der Waals surface area contributed by atoms with E-state index in [0.717, 1.165) is 6.54 Å². The SMILES string of the molecule is CC[C@@H]1CNc2ccccc2N1. The Hall–Kier alpha value is -1.18. The summed E-state index contributed by atoms with van der Waals surface area (Å²) in [5, 5.41) is 6.89. The number of hydrogen-bond acceptors (Lipinski definition) is 2. The average Bonchev–Trinajstić information content (AvgIpc) is 2.17. The molecule has 1 aromatic rings. The van der Waals surface area contributed by atoms with E-state index in [-0.39, 0.29) is 0 Å². The molecule has 0 spiro atoms. The first kappa shape index (κ1) is 7.47. The van der Waals surface area contributed by atoms with Crippen LogP contribution in [0.1, 0.15) is 13.3 Å². The zero-order valence-corrected chi connectivity index (χ0v) is 7.30. The van der Waals surface area contributed by atoms with Gasteiger partial charge in [0.15, 0.2) is 0 Å². The maximum Gasteiger partial charge on any atom is 0.0578 e. The Morgan fingerprint density at radius 3 is 2.83 bits per heavy atom. The van der Waals surface area contributed by atoms with E-state index < -0.39 is 0 Å². The Bertz CT molecular complexity index is 270. The van der Waals surface area contributed by atoms with Gasteiger partial charge in [-0.15, -0.1) is 0 Å². The summed E-state index contributed by atoms with van der Waals surface area (Å²) in [4.78, 5) is 0. The predicted molar refractivity (Wildman–Crippen MR) is 52.6 cm³/mol. The summed E-state index contributed by atoms with van der Waals surface area (Å²) in [5.41, 5.74) is 2.46. The molecule has 2 nitrogen and oxygen atoms in total. The Kier molecular flexibility index (Phi) is 1.90. The second kappa shape index (κ2) is 3.05. The van der Waals surface area contributed by atoms with E-state index in [0.29, 0.717) is 6.04 Å². The van der Waals surface area contributed by atoms with Gasteiger partial charge < -0.3 is 10.6 Å². The second-order valence-corrected chi connectivity index (χ2v) is 3.18. The lowest BCUT2D eigenvalue weighted by Gasteiger charge is -2.27. The van der Waals surface area contributed by atoms with Crippen LogP contribution in [-0.2, 0) is 0 Å². The molecule has 2 rings (SSSR count). The monoisotopic (exact) mass is 162 g/mol. The zero-order chi connectivity index (χ0) is 8.39. The van der Waals surface area contributed by atoms with E-state index in [4.69, 9.17) is 0 Å². The van der Waals surface area contributed by atoms with Crippen molar-refractivity contribution in [3.05, 3.63) is 24.3 Å². The number of rotatable bonds is 1. The van der Waals surface area contributed by atoms with Gasteiger partial charge in [0, 0.05) is 12.6 Å². The number of benzene rings is 1. The van der Waals surface area contributed by atoms with Gasteiger partial charge in [-0.05, 0) is 18.6 Å². The minimum absolute atomic E-state index is 0.583. The molecule has 0 saturated heterocycles. The van der Waals surface area contributed by atoms with Gasteiger partial charge in [-0.2, -0.15) is 0 Å². The maximum atomic E-state index is 3.48. The lowest BCUT2D eigenvalue weighted by atomic mass is 10.1. The molecule has 1 aliphatic rings. The van der Waals surface area contributed by atoms with Crippen LogP contribution in [0.2, 0.25) is 0 Å². The molecule has 12 heavy (non-hydrogen) atoms. The van der Waals surface area contributed by atoms with Gasteiger partial charge in [-0.3, -0.25) is 0 Å². The Morgan fingerprint density at radius 2 is 2.08 bits per heavy atom. The molecule has 0 aromatic heterocycles. The lowest BCUT2D eigenvalue weighted by Crippen LogP contribution is -2.32. The molecule has 1 heterocycles. The summed E-state index contributed by atoms with van der Waals surface area (Å²) in [6.45, 7) is 3.24. The lowest BCUT2D eigenvalue weighted by molar-refractivity contribution is 0.713.